The third-order valence-corrected chi connectivity index (χ3v) is 7.79. The Balaban J connectivity index is 0.000000167. The summed E-state index contributed by atoms with van der Waals surface area (Å²) in [6.07, 6.45) is 8.73. The van der Waals surface area contributed by atoms with E-state index in [9.17, 15) is 9.59 Å². The molecule has 2 N–H and O–H groups in total. The summed E-state index contributed by atoms with van der Waals surface area (Å²) >= 11 is 3.45. The lowest BCUT2D eigenvalue weighted by Gasteiger charge is -2.28. The van der Waals surface area contributed by atoms with Gasteiger partial charge in [0.05, 0.1) is 14.2 Å². The maximum Gasteiger partial charge on any atom is 0.491 e. The molecule has 2 aromatic heterocycles. The van der Waals surface area contributed by atoms with Crippen molar-refractivity contribution < 1.29 is 29.1 Å². The van der Waals surface area contributed by atoms with Crippen molar-refractivity contribution in [1.29, 1.82) is 0 Å². The minimum absolute atomic E-state index is 0.203. The van der Waals surface area contributed by atoms with Gasteiger partial charge in [-0.25, -0.2) is 19.9 Å². The number of hydrogen-bond donors (Lipinski definition) is 2. The predicted octanol–water partition coefficient (Wildman–Crippen LogP) is 3.10. The summed E-state index contributed by atoms with van der Waals surface area (Å²) in [5.41, 5.74) is 4.59. The molecule has 46 heavy (non-hydrogen) atoms. The Morgan fingerprint density at radius 1 is 0.674 bits per heavy atom. The molecule has 12 nitrogen and oxygen atoms in total. The van der Waals surface area contributed by atoms with Crippen LogP contribution in [-0.4, -0.2) is 89.1 Å². The van der Waals surface area contributed by atoms with E-state index in [0.29, 0.717) is 43.3 Å². The molecule has 6 rings (SSSR count). The van der Waals surface area contributed by atoms with Crippen molar-refractivity contribution in [3.63, 3.8) is 0 Å². The number of Topliss-reactive ketones (excluding diaryl/α,β-unsaturated/α-hetero) is 2. The molecule has 0 spiro atoms. The maximum atomic E-state index is 11.3. The van der Waals surface area contributed by atoms with Crippen LogP contribution in [0.4, 0.5) is 11.4 Å². The fourth-order valence-corrected chi connectivity index (χ4v) is 5.11. The van der Waals surface area contributed by atoms with Crippen molar-refractivity contribution in [3.05, 3.63) is 77.8 Å². The van der Waals surface area contributed by atoms with Gasteiger partial charge in [-0.1, -0.05) is 34.1 Å². The van der Waals surface area contributed by atoms with E-state index in [4.69, 9.17) is 14.8 Å². The number of hydrogen-bond acceptors (Lipinski definition) is 12. The second-order valence-corrected chi connectivity index (χ2v) is 11.3. The van der Waals surface area contributed by atoms with Crippen molar-refractivity contribution in [2.45, 2.75) is 25.7 Å². The molecule has 0 atom stereocenters. The zero-order chi connectivity index (χ0) is 32.9. The van der Waals surface area contributed by atoms with Crippen LogP contribution >= 0.6 is 15.9 Å². The van der Waals surface area contributed by atoms with Gasteiger partial charge in [0.1, 0.15) is 11.6 Å². The van der Waals surface area contributed by atoms with E-state index in [1.54, 1.807) is 19.5 Å². The third kappa shape index (κ3) is 10.3. The highest BCUT2D eigenvalue weighted by Crippen LogP contribution is 2.26. The van der Waals surface area contributed by atoms with Crippen LogP contribution in [0.15, 0.2) is 77.8 Å². The number of benzene rings is 2. The van der Waals surface area contributed by atoms with Gasteiger partial charge < -0.3 is 29.3 Å². The van der Waals surface area contributed by atoms with Crippen LogP contribution in [0.3, 0.4) is 0 Å². The van der Waals surface area contributed by atoms with Gasteiger partial charge in [-0.3, -0.25) is 9.59 Å². The maximum absolute atomic E-state index is 11.3. The molecular formula is C32H36BBrN6O6. The molecule has 0 unspecified atom stereocenters. The number of nitrogens with zero attached hydrogens (tertiary/aromatic N) is 6. The molecule has 0 saturated carbocycles. The van der Waals surface area contributed by atoms with E-state index in [1.807, 2.05) is 24.3 Å². The number of halogens is 1. The number of rotatable bonds is 6. The van der Waals surface area contributed by atoms with Crippen molar-refractivity contribution in [2.75, 3.05) is 50.2 Å². The van der Waals surface area contributed by atoms with Gasteiger partial charge in [-0.05, 0) is 35.9 Å². The number of carbonyl (C=O) groups excluding carboxylic acids is 2. The van der Waals surface area contributed by atoms with E-state index >= 15 is 0 Å². The molecule has 14 heteroatoms. The standard InChI is InChI=1S/C16H17N3O2.C11H12BrNO.C5H7BN2O3/c1-21-16-17-10-13(11-18-16)12-3-2-4-14(9-12)19-7-5-15(20)6-8-19;12-9-2-1-3-10(8-9)13-6-4-11(14)5-7-13;1-11-5-7-2-4(3-8-5)6(9)10/h2-4,9-11H,5-8H2,1H3;1-3,8H,4-7H2;2-3,9-10H,1H3. The molecule has 0 radical (unpaired) electrons. The fraction of sp³-hybridized carbons (Fsp3) is 0.312. The monoisotopic (exact) mass is 690 g/mol. The van der Waals surface area contributed by atoms with Gasteiger partial charge in [0, 0.05) is 104 Å². The number of methoxy groups -OCH3 is 2. The van der Waals surface area contributed by atoms with Gasteiger partial charge in [0.2, 0.25) is 0 Å². The third-order valence-electron chi connectivity index (χ3n) is 7.30. The fourth-order valence-electron chi connectivity index (χ4n) is 4.72. The van der Waals surface area contributed by atoms with Crippen LogP contribution in [0.2, 0.25) is 0 Å². The highest BCUT2D eigenvalue weighted by molar-refractivity contribution is 9.10. The molecule has 0 bridgehead atoms. The molecule has 2 fully saturated rings. The second kappa shape index (κ2) is 17.3. The Kier molecular flexibility index (Phi) is 13.0. The van der Waals surface area contributed by atoms with Crippen LogP contribution in [0.5, 0.6) is 12.0 Å². The Hall–Kier alpha value is -4.40. The van der Waals surface area contributed by atoms with E-state index in [2.05, 4.69) is 74.7 Å². The largest absolute Gasteiger partial charge is 0.491 e. The first-order valence-corrected chi connectivity index (χ1v) is 15.5. The van der Waals surface area contributed by atoms with Crippen LogP contribution in [0.1, 0.15) is 25.7 Å². The van der Waals surface area contributed by atoms with Gasteiger partial charge in [0.15, 0.2) is 0 Å². The number of ketones is 2. The van der Waals surface area contributed by atoms with Gasteiger partial charge in [0.25, 0.3) is 0 Å². The summed E-state index contributed by atoms with van der Waals surface area (Å²) in [6.45, 7) is 3.30. The second-order valence-electron chi connectivity index (χ2n) is 10.4. The van der Waals surface area contributed by atoms with Crippen LogP contribution in [0, 0.1) is 0 Å². The van der Waals surface area contributed by atoms with E-state index in [0.717, 1.165) is 47.5 Å². The summed E-state index contributed by atoms with van der Waals surface area (Å²) < 4.78 is 10.7. The SMILES string of the molecule is COc1ncc(-c2cccc(N3CCC(=O)CC3)c2)cn1.COc1ncc(B(O)O)cn1.O=C1CCN(c2cccc(Br)c2)CC1. The lowest BCUT2D eigenvalue weighted by Crippen LogP contribution is -2.33. The average Bonchev–Trinajstić information content (AvgIpc) is 3.09. The Labute approximate surface area is 276 Å². The topological polar surface area (TPSA) is 151 Å². The molecule has 2 aromatic carbocycles. The van der Waals surface area contributed by atoms with Crippen LogP contribution < -0.4 is 24.7 Å². The highest BCUT2D eigenvalue weighted by atomic mass is 79.9. The van der Waals surface area contributed by atoms with Gasteiger partial charge >= 0.3 is 19.1 Å². The first-order chi connectivity index (χ1) is 22.2. The van der Waals surface area contributed by atoms with E-state index in [1.165, 1.54) is 25.2 Å². The Morgan fingerprint density at radius 2 is 1.13 bits per heavy atom. The molecule has 0 aliphatic carbocycles. The van der Waals surface area contributed by atoms with Crippen molar-refractivity contribution in [2.24, 2.45) is 0 Å². The van der Waals surface area contributed by atoms with Crippen LogP contribution in [-0.2, 0) is 9.59 Å². The zero-order valence-corrected chi connectivity index (χ0v) is 27.3. The first kappa shape index (κ1) is 34.5. The number of ether oxygens (including phenoxy) is 2. The van der Waals surface area contributed by atoms with Crippen molar-refractivity contribution in [1.82, 2.24) is 19.9 Å². The zero-order valence-electron chi connectivity index (χ0n) is 25.8. The number of anilines is 2. The van der Waals surface area contributed by atoms with Gasteiger partial charge in [-0.2, -0.15) is 0 Å². The van der Waals surface area contributed by atoms with Gasteiger partial charge in [-0.15, -0.1) is 0 Å². The molecule has 4 aromatic rings. The summed E-state index contributed by atoms with van der Waals surface area (Å²) in [5, 5.41) is 17.2. The smallest absolute Gasteiger partial charge is 0.467 e. The minimum atomic E-state index is -1.53. The number of aromatic nitrogens is 4. The molecule has 2 aliphatic heterocycles. The quantitative estimate of drug-likeness (QED) is 0.286. The predicted molar refractivity (Wildman–Crippen MR) is 179 cm³/mol. The van der Waals surface area contributed by atoms with Crippen molar-refractivity contribution >= 4 is 51.5 Å². The van der Waals surface area contributed by atoms with Crippen molar-refractivity contribution in [3.8, 4) is 23.1 Å². The lowest BCUT2D eigenvalue weighted by atomic mass is 9.83. The summed E-state index contributed by atoms with van der Waals surface area (Å²) in [7, 11) is 1.46. The normalized spacial score (nSPS) is 14.4. The first-order valence-electron chi connectivity index (χ1n) is 14.7. The Bertz CT molecular complexity index is 1560. The Morgan fingerprint density at radius 3 is 1.59 bits per heavy atom. The molecule has 2 saturated heterocycles. The number of piperidine rings is 2. The summed E-state index contributed by atoms with van der Waals surface area (Å²) in [4.78, 5) is 42.5. The minimum Gasteiger partial charge on any atom is -0.467 e. The summed E-state index contributed by atoms with van der Waals surface area (Å²) in [5.74, 6) is 0.738. The highest BCUT2D eigenvalue weighted by Gasteiger charge is 2.17. The average molecular weight is 691 g/mol. The molecule has 2 aliphatic rings. The molecule has 240 valence electrons. The number of carbonyl (C=O) groups is 2. The molecular weight excluding hydrogens is 655 g/mol. The van der Waals surface area contributed by atoms with Crippen LogP contribution in [0.25, 0.3) is 11.1 Å². The lowest BCUT2D eigenvalue weighted by molar-refractivity contribution is -0.120. The van der Waals surface area contributed by atoms with E-state index < -0.39 is 7.12 Å². The van der Waals surface area contributed by atoms with E-state index in [-0.39, 0.29) is 11.5 Å². The molecule has 0 amide bonds. The summed E-state index contributed by atoms with van der Waals surface area (Å²) in [6, 6.07) is 17.0. The molecule has 4 heterocycles.